The number of rotatable bonds is 2. The first-order valence-corrected chi connectivity index (χ1v) is 9.37. The molecule has 160 valence electrons. The van der Waals surface area contributed by atoms with Gasteiger partial charge in [0.25, 0.3) is 0 Å². The fourth-order valence-electron chi connectivity index (χ4n) is 4.43. The lowest BCUT2D eigenvalue weighted by Crippen LogP contribution is -2.65. The first-order valence-electron chi connectivity index (χ1n) is 9.37. The maximum absolute atomic E-state index is 13.1. The number of hydrogen-bond donors (Lipinski definition) is 7. The summed E-state index contributed by atoms with van der Waals surface area (Å²) in [6.45, 7) is 0.908. The van der Waals surface area contributed by atoms with Gasteiger partial charge < -0.3 is 40.5 Å². The van der Waals surface area contributed by atoms with Gasteiger partial charge in [-0.15, -0.1) is 0 Å². The van der Waals surface area contributed by atoms with E-state index < -0.39 is 60.0 Å². The number of aliphatic hydroxyl groups is 5. The Labute approximate surface area is 171 Å². The van der Waals surface area contributed by atoms with Crippen molar-refractivity contribution in [1.82, 2.24) is 0 Å². The minimum Gasteiger partial charge on any atom is -0.507 e. The van der Waals surface area contributed by atoms with Crippen LogP contribution in [-0.2, 0) is 10.3 Å². The van der Waals surface area contributed by atoms with Gasteiger partial charge in [-0.1, -0.05) is 18.2 Å². The number of carbonyl (C=O) groups excluding carboxylic acids is 1. The van der Waals surface area contributed by atoms with Gasteiger partial charge in [0.05, 0.1) is 17.7 Å². The van der Waals surface area contributed by atoms with Crippen molar-refractivity contribution in [2.45, 2.75) is 43.0 Å². The highest BCUT2D eigenvalue weighted by Gasteiger charge is 2.57. The van der Waals surface area contributed by atoms with Crippen molar-refractivity contribution in [3.8, 4) is 11.5 Å². The van der Waals surface area contributed by atoms with Crippen LogP contribution in [0.5, 0.6) is 11.5 Å². The monoisotopic (exact) mass is 418 g/mol. The third kappa shape index (κ3) is 2.68. The molecule has 6 atom stereocenters. The standard InChI is InChI=1S/C21H22O9/c1-8-5-10-15(12(24)6-8)17(26)14-9(3-2-4-11(14)23)21(10,29)20-19(28)18(27)16(25)13(7-22)30-20/h2-6,13,16,18-20,22-25,27-29H,7H2,1H3/t13-,16-,18+,19-,20?,21+/m1/s1. The average Bonchev–Trinajstić information content (AvgIpc) is 2.70. The van der Waals surface area contributed by atoms with Crippen LogP contribution >= 0.6 is 0 Å². The fourth-order valence-corrected chi connectivity index (χ4v) is 4.43. The molecule has 0 radical (unpaired) electrons. The highest BCUT2D eigenvalue weighted by molar-refractivity contribution is 6.16. The van der Waals surface area contributed by atoms with Gasteiger partial charge in [-0.25, -0.2) is 0 Å². The Bertz CT molecular complexity index is 1020. The van der Waals surface area contributed by atoms with E-state index in [0.717, 1.165) is 0 Å². The van der Waals surface area contributed by atoms with Gasteiger partial charge in [0.1, 0.15) is 47.6 Å². The summed E-state index contributed by atoms with van der Waals surface area (Å²) in [5, 5.41) is 73.3. The highest BCUT2D eigenvalue weighted by atomic mass is 16.6. The van der Waals surface area contributed by atoms with Crippen molar-refractivity contribution in [3.63, 3.8) is 0 Å². The molecular weight excluding hydrogens is 396 g/mol. The summed E-state index contributed by atoms with van der Waals surface area (Å²) in [6.07, 6.45) is -8.21. The van der Waals surface area contributed by atoms with Crippen LogP contribution in [0.4, 0.5) is 0 Å². The molecule has 0 spiro atoms. The highest BCUT2D eigenvalue weighted by Crippen LogP contribution is 2.50. The number of phenolic OH excluding ortho intramolecular Hbond substituents is 2. The quantitative estimate of drug-likeness (QED) is 0.324. The number of ketones is 1. The van der Waals surface area contributed by atoms with Crippen LogP contribution < -0.4 is 0 Å². The van der Waals surface area contributed by atoms with Gasteiger partial charge in [-0.2, -0.15) is 0 Å². The number of ether oxygens (including phenoxy) is 1. The van der Waals surface area contributed by atoms with Crippen LogP contribution in [0.25, 0.3) is 0 Å². The third-order valence-corrected chi connectivity index (χ3v) is 5.88. The number of aromatic hydroxyl groups is 2. The minimum atomic E-state index is -2.31. The molecule has 0 amide bonds. The Kier molecular flexibility index (Phi) is 4.85. The molecule has 7 N–H and O–H groups in total. The van der Waals surface area contributed by atoms with E-state index in [-0.39, 0.29) is 22.3 Å². The van der Waals surface area contributed by atoms with Gasteiger partial charge in [0.15, 0.2) is 0 Å². The predicted molar refractivity (Wildman–Crippen MR) is 101 cm³/mol. The lowest BCUT2D eigenvalue weighted by Gasteiger charge is -2.49. The first-order chi connectivity index (χ1) is 14.1. The summed E-state index contributed by atoms with van der Waals surface area (Å²) < 4.78 is 5.61. The molecule has 0 saturated carbocycles. The second-order valence-electron chi connectivity index (χ2n) is 7.75. The van der Waals surface area contributed by atoms with Gasteiger partial charge in [-0.05, 0) is 24.6 Å². The van der Waals surface area contributed by atoms with Gasteiger partial charge in [0, 0.05) is 11.1 Å². The van der Waals surface area contributed by atoms with E-state index in [2.05, 4.69) is 0 Å². The molecule has 30 heavy (non-hydrogen) atoms. The van der Waals surface area contributed by atoms with Crippen molar-refractivity contribution in [2.24, 2.45) is 0 Å². The van der Waals surface area contributed by atoms with Crippen LogP contribution in [0, 0.1) is 6.92 Å². The molecule has 1 aliphatic carbocycles. The van der Waals surface area contributed by atoms with Crippen LogP contribution in [0.2, 0.25) is 0 Å². The Balaban J connectivity index is 2.03. The van der Waals surface area contributed by atoms with Gasteiger partial charge >= 0.3 is 0 Å². The second-order valence-corrected chi connectivity index (χ2v) is 7.75. The zero-order chi connectivity index (χ0) is 22.0. The number of carbonyl (C=O) groups is 1. The normalized spacial score (nSPS) is 33.1. The summed E-state index contributed by atoms with van der Waals surface area (Å²) >= 11 is 0. The summed E-state index contributed by atoms with van der Waals surface area (Å²) in [6, 6.07) is 6.73. The SMILES string of the molecule is Cc1cc(O)c2c(c1)[C@](O)(C1O[C@H](CO)[C@@H](O)[C@H](O)[C@H]1O)c1cccc(O)c1C2=O. The summed E-state index contributed by atoms with van der Waals surface area (Å²) in [4.78, 5) is 13.1. The number of hydrogen-bond acceptors (Lipinski definition) is 9. The predicted octanol–water partition coefficient (Wildman–Crippen LogP) is -0.971. The van der Waals surface area contributed by atoms with E-state index >= 15 is 0 Å². The molecule has 4 rings (SSSR count). The van der Waals surface area contributed by atoms with E-state index in [9.17, 15) is 40.5 Å². The van der Waals surface area contributed by atoms with E-state index in [1.807, 2.05) is 0 Å². The van der Waals surface area contributed by atoms with Gasteiger partial charge in [-0.3, -0.25) is 4.79 Å². The number of aryl methyl sites for hydroxylation is 1. The molecule has 1 saturated heterocycles. The third-order valence-electron chi connectivity index (χ3n) is 5.88. The maximum atomic E-state index is 13.1. The topological polar surface area (TPSA) is 168 Å². The van der Waals surface area contributed by atoms with Crippen LogP contribution in [-0.4, -0.2) is 78.7 Å². The average molecular weight is 418 g/mol. The van der Waals surface area contributed by atoms with Crippen molar-refractivity contribution < 1.29 is 45.3 Å². The molecule has 0 bridgehead atoms. The molecule has 9 heteroatoms. The lowest BCUT2D eigenvalue weighted by molar-refractivity contribution is -0.265. The van der Waals surface area contributed by atoms with Gasteiger partial charge in [0.2, 0.25) is 5.78 Å². The second kappa shape index (κ2) is 7.02. The zero-order valence-corrected chi connectivity index (χ0v) is 15.9. The van der Waals surface area contributed by atoms with Crippen LogP contribution in [0.3, 0.4) is 0 Å². The molecule has 1 fully saturated rings. The summed E-state index contributed by atoms with van der Waals surface area (Å²) in [5.74, 6) is -1.62. The fraction of sp³-hybridized carbons (Fsp3) is 0.381. The lowest BCUT2D eigenvalue weighted by atomic mass is 9.68. The molecular formula is C21H22O9. The molecule has 1 unspecified atom stereocenters. The van der Waals surface area contributed by atoms with Crippen LogP contribution in [0.1, 0.15) is 32.6 Å². The van der Waals surface area contributed by atoms with E-state index in [1.54, 1.807) is 6.92 Å². The van der Waals surface area contributed by atoms with Crippen molar-refractivity contribution in [1.29, 1.82) is 0 Å². The number of phenols is 2. The van der Waals surface area contributed by atoms with Crippen molar-refractivity contribution in [2.75, 3.05) is 6.61 Å². The zero-order valence-electron chi connectivity index (χ0n) is 15.9. The summed E-state index contributed by atoms with van der Waals surface area (Å²) in [7, 11) is 0. The number of fused-ring (bicyclic) bond motifs is 2. The van der Waals surface area contributed by atoms with E-state index in [0.29, 0.717) is 5.56 Å². The number of benzene rings is 2. The van der Waals surface area contributed by atoms with Crippen LogP contribution in [0.15, 0.2) is 30.3 Å². The molecule has 2 aromatic carbocycles. The number of aliphatic hydroxyl groups excluding tert-OH is 4. The molecule has 2 aromatic rings. The Morgan fingerprint density at radius 3 is 2.30 bits per heavy atom. The first kappa shape index (κ1) is 20.7. The Morgan fingerprint density at radius 2 is 1.63 bits per heavy atom. The van der Waals surface area contributed by atoms with Crippen molar-refractivity contribution in [3.05, 3.63) is 58.1 Å². The molecule has 0 aromatic heterocycles. The molecule has 1 heterocycles. The van der Waals surface area contributed by atoms with E-state index in [1.165, 1.54) is 30.3 Å². The largest absolute Gasteiger partial charge is 0.507 e. The summed E-state index contributed by atoms with van der Waals surface area (Å²) in [5.41, 5.74) is -2.58. The molecule has 1 aliphatic heterocycles. The Morgan fingerprint density at radius 1 is 0.967 bits per heavy atom. The maximum Gasteiger partial charge on any atom is 0.201 e. The molecule has 9 nitrogen and oxygen atoms in total. The Hall–Kier alpha value is -2.53. The smallest absolute Gasteiger partial charge is 0.201 e. The molecule has 2 aliphatic rings. The minimum absolute atomic E-state index is 0.0903. The van der Waals surface area contributed by atoms with E-state index in [4.69, 9.17) is 4.74 Å². The van der Waals surface area contributed by atoms with Crippen molar-refractivity contribution >= 4 is 5.78 Å².